The fraction of sp³-hybridized carbons (Fsp3) is 0.719. The molecule has 3 aliphatic carbocycles. The number of rotatable bonds is 15. The fourth-order valence-corrected chi connectivity index (χ4v) is 7.83. The van der Waals surface area contributed by atoms with E-state index in [1.165, 1.54) is 0 Å². The van der Waals surface area contributed by atoms with E-state index < -0.39 is 23.7 Å². The van der Waals surface area contributed by atoms with Crippen LogP contribution in [0.15, 0.2) is 35.3 Å². The number of nitrogens with one attached hydrogen (secondary N) is 2. The smallest absolute Gasteiger partial charge is 0.404 e. The minimum atomic E-state index is -0.773. The SMILES string of the molecule is CC[C@@H](C(=O)C[C@@H](CCCN=C(N)N[N+](=O)[O-])C(=O)N[C@@H](CC(C)C)B1O[C@@H]2C[C@H]3C[C@H](C3(C)C)[C@]2(C)O1)c1ccccc1. The molecule has 4 N–H and O–H groups in total. The standard InChI is InChI=1S/C32H50BN5O6/c1-7-24(21-12-9-8-10-13-21)25(39)17-22(14-11-15-35-30(34)37-38(41)42)29(40)36-28(16-20(2)3)33-43-27-19-23-18-26(31(23,4)5)32(27,6)44-33/h8-10,12-13,20,22-24,26-28H,7,11,14-19H2,1-6H3,(H,36,40)(H3,34,35,37)/t22-,23-,24-,26-,27-,28+,32+/m1/s1. The number of hydrogen-bond donors (Lipinski definition) is 3. The Labute approximate surface area is 261 Å². The second kappa shape index (κ2) is 14.0. The molecule has 7 atom stereocenters. The summed E-state index contributed by atoms with van der Waals surface area (Å²) in [4.78, 5) is 42.2. The predicted octanol–water partition coefficient (Wildman–Crippen LogP) is 4.43. The normalized spacial score (nSPS) is 27.6. The van der Waals surface area contributed by atoms with Crippen LogP contribution in [0.3, 0.4) is 0 Å². The largest absolute Gasteiger partial charge is 0.481 e. The zero-order valence-corrected chi connectivity index (χ0v) is 27.1. The van der Waals surface area contributed by atoms with Crippen LogP contribution in [0.4, 0.5) is 0 Å². The quantitative estimate of drug-likeness (QED) is 0.0656. The minimum Gasteiger partial charge on any atom is -0.404 e. The number of benzene rings is 1. The average Bonchev–Trinajstić information content (AvgIpc) is 3.32. The highest BCUT2D eigenvalue weighted by atomic mass is 16.7. The zero-order valence-electron chi connectivity index (χ0n) is 27.1. The summed E-state index contributed by atoms with van der Waals surface area (Å²) >= 11 is 0. The number of guanidine groups is 1. The number of amides is 1. The Bertz CT molecular complexity index is 1210. The molecule has 3 saturated carbocycles. The Morgan fingerprint density at radius 2 is 1.91 bits per heavy atom. The van der Waals surface area contributed by atoms with Crippen molar-refractivity contribution in [2.75, 3.05) is 6.54 Å². The van der Waals surface area contributed by atoms with Crippen molar-refractivity contribution in [2.24, 2.45) is 39.8 Å². The number of hydrogen-bond acceptors (Lipinski definition) is 7. The Hall–Kier alpha value is -2.99. The molecule has 2 bridgehead atoms. The highest BCUT2D eigenvalue weighted by Crippen LogP contribution is 2.65. The molecule has 1 heterocycles. The van der Waals surface area contributed by atoms with Crippen LogP contribution in [-0.4, -0.2) is 54.0 Å². The Kier molecular flexibility index (Phi) is 10.8. The summed E-state index contributed by atoms with van der Waals surface area (Å²) in [7, 11) is -0.562. The van der Waals surface area contributed by atoms with Crippen LogP contribution in [0.2, 0.25) is 0 Å². The number of carbonyl (C=O) groups is 2. The van der Waals surface area contributed by atoms with E-state index in [1.54, 1.807) is 0 Å². The van der Waals surface area contributed by atoms with Crippen molar-refractivity contribution in [3.05, 3.63) is 46.0 Å². The third-order valence-corrected chi connectivity index (χ3v) is 10.4. The first-order chi connectivity index (χ1) is 20.8. The number of nitrogens with two attached hydrogens (primary N) is 1. The molecule has 12 heteroatoms. The summed E-state index contributed by atoms with van der Waals surface area (Å²) < 4.78 is 13.3. The fourth-order valence-electron chi connectivity index (χ4n) is 7.83. The minimum absolute atomic E-state index is 0.000457. The summed E-state index contributed by atoms with van der Waals surface area (Å²) in [6, 6.07) is 9.64. The molecular formula is C32H50BN5O6. The van der Waals surface area contributed by atoms with Gasteiger partial charge in [-0.2, -0.15) is 0 Å². The van der Waals surface area contributed by atoms with Crippen molar-refractivity contribution in [1.29, 1.82) is 0 Å². The second-order valence-corrected chi connectivity index (χ2v) is 14.1. The number of hydrazine groups is 1. The summed E-state index contributed by atoms with van der Waals surface area (Å²) in [5.74, 6) is -0.489. The molecule has 1 aromatic rings. The lowest BCUT2D eigenvalue weighted by Crippen LogP contribution is -2.65. The highest BCUT2D eigenvalue weighted by Gasteiger charge is 2.68. The summed E-state index contributed by atoms with van der Waals surface area (Å²) in [5, 5.41) is 13.1. The first kappa shape index (κ1) is 33.9. The van der Waals surface area contributed by atoms with Gasteiger partial charge in [0.05, 0.1) is 17.6 Å². The molecule has 1 amide bonds. The molecule has 1 aliphatic heterocycles. The van der Waals surface area contributed by atoms with E-state index in [1.807, 2.05) is 42.7 Å². The Morgan fingerprint density at radius 1 is 1.20 bits per heavy atom. The summed E-state index contributed by atoms with van der Waals surface area (Å²) in [6.07, 6.45) is 4.28. The van der Waals surface area contributed by atoms with Crippen LogP contribution >= 0.6 is 0 Å². The van der Waals surface area contributed by atoms with Gasteiger partial charge in [-0.3, -0.25) is 9.59 Å². The first-order valence-corrected chi connectivity index (χ1v) is 16.2. The van der Waals surface area contributed by atoms with Crippen molar-refractivity contribution in [3.63, 3.8) is 0 Å². The van der Waals surface area contributed by atoms with Gasteiger partial charge in [-0.25, -0.2) is 15.1 Å². The van der Waals surface area contributed by atoms with E-state index >= 15 is 0 Å². The molecule has 1 aromatic carbocycles. The molecular weight excluding hydrogens is 561 g/mol. The number of Topliss-reactive ketones (excluding diaryl/α,β-unsaturated/α-hetero) is 1. The number of nitro groups is 1. The molecule has 0 aromatic heterocycles. The van der Waals surface area contributed by atoms with E-state index in [2.05, 4.69) is 44.9 Å². The van der Waals surface area contributed by atoms with Crippen LogP contribution in [0.5, 0.6) is 0 Å². The monoisotopic (exact) mass is 611 g/mol. The molecule has 0 spiro atoms. The van der Waals surface area contributed by atoms with Gasteiger partial charge in [-0.05, 0) is 74.2 Å². The lowest BCUT2D eigenvalue weighted by molar-refractivity contribution is -0.525. The molecule has 242 valence electrons. The van der Waals surface area contributed by atoms with Crippen LogP contribution in [0, 0.1) is 39.2 Å². The van der Waals surface area contributed by atoms with Gasteiger partial charge in [0.1, 0.15) is 5.78 Å². The lowest BCUT2D eigenvalue weighted by atomic mass is 9.43. The molecule has 0 unspecified atom stereocenters. The van der Waals surface area contributed by atoms with Crippen molar-refractivity contribution in [3.8, 4) is 0 Å². The van der Waals surface area contributed by atoms with E-state index in [-0.39, 0.29) is 59.9 Å². The predicted molar refractivity (Wildman–Crippen MR) is 170 cm³/mol. The van der Waals surface area contributed by atoms with Gasteiger partial charge in [0.15, 0.2) is 5.03 Å². The Balaban J connectivity index is 1.49. The molecule has 4 aliphatic rings. The molecule has 0 radical (unpaired) electrons. The first-order valence-electron chi connectivity index (χ1n) is 16.2. The summed E-state index contributed by atoms with van der Waals surface area (Å²) in [5.41, 5.74) is 8.14. The van der Waals surface area contributed by atoms with E-state index in [0.717, 1.165) is 18.4 Å². The second-order valence-electron chi connectivity index (χ2n) is 14.1. The van der Waals surface area contributed by atoms with E-state index in [9.17, 15) is 19.7 Å². The molecule has 5 rings (SSSR count). The molecule has 4 fully saturated rings. The van der Waals surface area contributed by atoms with E-state index in [0.29, 0.717) is 37.5 Å². The number of aliphatic imine (C=N–C) groups is 1. The number of nitrogens with zero attached hydrogens (tertiary/aromatic N) is 2. The van der Waals surface area contributed by atoms with Gasteiger partial charge in [0, 0.05) is 24.8 Å². The topological polar surface area (TPSA) is 158 Å². The maximum absolute atomic E-state index is 14.0. The van der Waals surface area contributed by atoms with E-state index in [4.69, 9.17) is 15.0 Å². The third kappa shape index (κ3) is 7.45. The van der Waals surface area contributed by atoms with Gasteiger partial charge in [0.2, 0.25) is 5.91 Å². The Morgan fingerprint density at radius 3 is 2.52 bits per heavy atom. The molecule has 1 saturated heterocycles. The van der Waals surface area contributed by atoms with Crippen LogP contribution in [0.25, 0.3) is 0 Å². The van der Waals surface area contributed by atoms with Crippen LogP contribution < -0.4 is 16.5 Å². The van der Waals surface area contributed by atoms with Gasteiger partial charge < -0.3 is 20.4 Å². The number of ketones is 1. The highest BCUT2D eigenvalue weighted by molar-refractivity contribution is 6.47. The number of carbonyl (C=O) groups excluding carboxylic acids is 2. The maximum Gasteiger partial charge on any atom is 0.481 e. The van der Waals surface area contributed by atoms with Crippen molar-refractivity contribution in [1.82, 2.24) is 10.7 Å². The van der Waals surface area contributed by atoms with Gasteiger partial charge in [-0.15, -0.1) is 0 Å². The van der Waals surface area contributed by atoms with Crippen molar-refractivity contribution in [2.45, 2.75) is 110 Å². The summed E-state index contributed by atoms with van der Waals surface area (Å²) in [6.45, 7) is 13.2. The van der Waals surface area contributed by atoms with Crippen molar-refractivity contribution < 1.29 is 23.9 Å². The maximum atomic E-state index is 14.0. The average molecular weight is 612 g/mol. The van der Waals surface area contributed by atoms with Crippen LogP contribution in [0.1, 0.15) is 98.0 Å². The van der Waals surface area contributed by atoms with Gasteiger partial charge in [-0.1, -0.05) is 70.4 Å². The van der Waals surface area contributed by atoms with Gasteiger partial charge >= 0.3 is 7.12 Å². The third-order valence-electron chi connectivity index (χ3n) is 10.4. The lowest BCUT2D eigenvalue weighted by Gasteiger charge is -2.64. The van der Waals surface area contributed by atoms with Gasteiger partial charge in [0.25, 0.3) is 5.96 Å². The van der Waals surface area contributed by atoms with Crippen LogP contribution in [-0.2, 0) is 18.9 Å². The zero-order chi connectivity index (χ0) is 32.2. The molecule has 44 heavy (non-hydrogen) atoms. The van der Waals surface area contributed by atoms with Crippen molar-refractivity contribution >= 4 is 24.8 Å². The molecule has 11 nitrogen and oxygen atoms in total.